The molecule has 0 spiro atoms. The molecule has 28 heavy (non-hydrogen) atoms. The van der Waals surface area contributed by atoms with Gasteiger partial charge in [0.2, 0.25) is 0 Å². The molecule has 2 N–H and O–H groups in total. The summed E-state index contributed by atoms with van der Waals surface area (Å²) in [6.07, 6.45) is 4.84. The van der Waals surface area contributed by atoms with Crippen molar-refractivity contribution in [2.75, 3.05) is 26.2 Å². The first-order valence-electron chi connectivity index (χ1n) is 10.0. The fourth-order valence-electron chi connectivity index (χ4n) is 3.61. The van der Waals surface area contributed by atoms with E-state index in [4.69, 9.17) is 10.00 Å². The Morgan fingerprint density at radius 1 is 1.18 bits per heavy atom. The summed E-state index contributed by atoms with van der Waals surface area (Å²) < 4.78 is 5.81. The standard InChI is InChI=1S/C24H29N3O/c1-2-10-28-24-13-20(7-6-19-4-3-5-21(11-19)15-25)12-23(14-24)18-27-17-22-8-9-26-16-22/h2-5,11-14,22,26-27H,1,6-10,16-18H2. The van der Waals surface area contributed by atoms with Gasteiger partial charge < -0.3 is 15.4 Å². The number of benzene rings is 2. The molecule has 0 amide bonds. The minimum atomic E-state index is 0.508. The number of rotatable bonds is 10. The monoisotopic (exact) mass is 375 g/mol. The average molecular weight is 376 g/mol. The van der Waals surface area contributed by atoms with Crippen LogP contribution in [-0.2, 0) is 19.4 Å². The number of nitrogens with one attached hydrogen (secondary N) is 2. The first kappa shape index (κ1) is 20.1. The maximum atomic E-state index is 9.08. The minimum absolute atomic E-state index is 0.508. The van der Waals surface area contributed by atoms with Crippen molar-refractivity contribution in [3.8, 4) is 11.8 Å². The highest BCUT2D eigenvalue weighted by molar-refractivity contribution is 5.36. The quantitative estimate of drug-likeness (QED) is 0.623. The molecule has 146 valence electrons. The van der Waals surface area contributed by atoms with E-state index in [0.717, 1.165) is 50.7 Å². The molecule has 1 saturated heterocycles. The lowest BCUT2D eigenvalue weighted by atomic mass is 10.0. The predicted octanol–water partition coefficient (Wildman–Crippen LogP) is 3.61. The van der Waals surface area contributed by atoms with E-state index in [0.29, 0.717) is 12.2 Å². The molecule has 2 aromatic rings. The van der Waals surface area contributed by atoms with E-state index in [1.165, 1.54) is 23.1 Å². The minimum Gasteiger partial charge on any atom is -0.490 e. The molecule has 1 unspecified atom stereocenters. The topological polar surface area (TPSA) is 57.1 Å². The second-order valence-electron chi connectivity index (χ2n) is 7.39. The van der Waals surface area contributed by atoms with E-state index in [9.17, 15) is 0 Å². The third kappa shape index (κ3) is 6.23. The lowest BCUT2D eigenvalue weighted by molar-refractivity contribution is 0.362. The second-order valence-corrected chi connectivity index (χ2v) is 7.39. The van der Waals surface area contributed by atoms with Gasteiger partial charge in [0.05, 0.1) is 11.6 Å². The van der Waals surface area contributed by atoms with E-state index >= 15 is 0 Å². The first-order chi connectivity index (χ1) is 13.8. The molecule has 4 nitrogen and oxygen atoms in total. The molecule has 1 fully saturated rings. The highest BCUT2D eigenvalue weighted by Gasteiger charge is 2.13. The zero-order valence-electron chi connectivity index (χ0n) is 16.4. The summed E-state index contributed by atoms with van der Waals surface area (Å²) >= 11 is 0. The predicted molar refractivity (Wildman–Crippen MR) is 113 cm³/mol. The largest absolute Gasteiger partial charge is 0.490 e. The molecule has 0 radical (unpaired) electrons. The highest BCUT2D eigenvalue weighted by Crippen LogP contribution is 2.20. The van der Waals surface area contributed by atoms with Gasteiger partial charge in [-0.25, -0.2) is 0 Å². The zero-order chi connectivity index (χ0) is 19.6. The number of nitriles is 1. The number of hydrogen-bond acceptors (Lipinski definition) is 4. The van der Waals surface area contributed by atoms with Gasteiger partial charge in [0.1, 0.15) is 12.4 Å². The van der Waals surface area contributed by atoms with Crippen LogP contribution in [0.4, 0.5) is 0 Å². The molecule has 3 rings (SSSR count). The molecule has 0 aliphatic carbocycles. The van der Waals surface area contributed by atoms with Gasteiger partial charge in [0.15, 0.2) is 0 Å². The van der Waals surface area contributed by atoms with Gasteiger partial charge in [-0.2, -0.15) is 5.26 Å². The van der Waals surface area contributed by atoms with Crippen molar-refractivity contribution in [3.63, 3.8) is 0 Å². The molecule has 4 heteroatoms. The maximum absolute atomic E-state index is 9.08. The fraction of sp³-hybridized carbons (Fsp3) is 0.375. The van der Waals surface area contributed by atoms with E-state index in [1.807, 2.05) is 18.2 Å². The van der Waals surface area contributed by atoms with Crippen molar-refractivity contribution < 1.29 is 4.74 Å². The lowest BCUT2D eigenvalue weighted by Gasteiger charge is -2.13. The summed E-state index contributed by atoms with van der Waals surface area (Å²) in [6, 6.07) is 16.5. The third-order valence-electron chi connectivity index (χ3n) is 5.08. The fourth-order valence-corrected chi connectivity index (χ4v) is 3.61. The molecule has 1 aliphatic rings. The normalized spacial score (nSPS) is 15.9. The van der Waals surface area contributed by atoms with Gasteiger partial charge in [-0.15, -0.1) is 0 Å². The van der Waals surface area contributed by atoms with Crippen LogP contribution in [0.3, 0.4) is 0 Å². The molecular weight excluding hydrogens is 346 g/mol. The molecule has 0 saturated carbocycles. The maximum Gasteiger partial charge on any atom is 0.120 e. The molecule has 0 aromatic heterocycles. The summed E-state index contributed by atoms with van der Waals surface area (Å²) in [5.74, 6) is 1.62. The Morgan fingerprint density at radius 3 is 2.82 bits per heavy atom. The van der Waals surface area contributed by atoms with E-state index in [2.05, 4.69) is 47.5 Å². The van der Waals surface area contributed by atoms with Gasteiger partial charge in [0, 0.05) is 6.54 Å². The Morgan fingerprint density at radius 2 is 2.04 bits per heavy atom. The summed E-state index contributed by atoms with van der Waals surface area (Å²) in [6.45, 7) is 8.38. The molecule has 0 bridgehead atoms. The highest BCUT2D eigenvalue weighted by atomic mass is 16.5. The van der Waals surface area contributed by atoms with Gasteiger partial charge in [-0.05, 0) is 85.8 Å². The number of aryl methyl sites for hydroxylation is 2. The third-order valence-corrected chi connectivity index (χ3v) is 5.08. The Hall–Kier alpha value is -2.61. The smallest absolute Gasteiger partial charge is 0.120 e. The van der Waals surface area contributed by atoms with E-state index < -0.39 is 0 Å². The second kappa shape index (κ2) is 10.7. The summed E-state index contributed by atoms with van der Waals surface area (Å²) in [4.78, 5) is 0. The molecular formula is C24H29N3O. The van der Waals surface area contributed by atoms with Crippen LogP contribution in [0.25, 0.3) is 0 Å². The van der Waals surface area contributed by atoms with Crippen LogP contribution in [0.15, 0.2) is 55.1 Å². The Bertz CT molecular complexity index is 819. The SMILES string of the molecule is C=CCOc1cc(CCc2cccc(C#N)c2)cc(CNCC2CCNC2)c1. The van der Waals surface area contributed by atoms with Crippen LogP contribution in [0.2, 0.25) is 0 Å². The van der Waals surface area contributed by atoms with Crippen LogP contribution in [-0.4, -0.2) is 26.2 Å². The van der Waals surface area contributed by atoms with Crippen molar-refractivity contribution in [1.82, 2.24) is 10.6 Å². The molecule has 1 atom stereocenters. The average Bonchev–Trinajstić information content (AvgIpc) is 3.24. The Labute approximate surface area is 168 Å². The van der Waals surface area contributed by atoms with Crippen LogP contribution in [0.1, 0.15) is 28.7 Å². The van der Waals surface area contributed by atoms with Crippen LogP contribution < -0.4 is 15.4 Å². The number of hydrogen-bond donors (Lipinski definition) is 2. The summed E-state index contributed by atoms with van der Waals surface area (Å²) in [5, 5.41) is 16.1. The van der Waals surface area contributed by atoms with Crippen molar-refractivity contribution in [3.05, 3.63) is 77.4 Å². The molecule has 1 aliphatic heterocycles. The van der Waals surface area contributed by atoms with Gasteiger partial charge in [-0.3, -0.25) is 0 Å². The van der Waals surface area contributed by atoms with Crippen molar-refractivity contribution in [2.45, 2.75) is 25.8 Å². The Balaban J connectivity index is 1.63. The lowest BCUT2D eigenvalue weighted by Crippen LogP contribution is -2.24. The molecule has 1 heterocycles. The molecule has 2 aromatic carbocycles. The van der Waals surface area contributed by atoms with Gasteiger partial charge in [-0.1, -0.05) is 30.9 Å². The van der Waals surface area contributed by atoms with Gasteiger partial charge >= 0.3 is 0 Å². The summed E-state index contributed by atoms with van der Waals surface area (Å²) in [5.41, 5.74) is 4.40. The zero-order valence-corrected chi connectivity index (χ0v) is 16.4. The van der Waals surface area contributed by atoms with Crippen molar-refractivity contribution in [2.24, 2.45) is 5.92 Å². The first-order valence-corrected chi connectivity index (χ1v) is 10.0. The van der Waals surface area contributed by atoms with Crippen LogP contribution in [0, 0.1) is 17.2 Å². The Kier molecular flexibility index (Phi) is 7.66. The number of ether oxygens (including phenoxy) is 1. The summed E-state index contributed by atoms with van der Waals surface area (Å²) in [7, 11) is 0. The van der Waals surface area contributed by atoms with E-state index in [1.54, 1.807) is 6.08 Å². The van der Waals surface area contributed by atoms with E-state index in [-0.39, 0.29) is 0 Å². The van der Waals surface area contributed by atoms with Crippen LogP contribution in [0.5, 0.6) is 5.75 Å². The van der Waals surface area contributed by atoms with Crippen molar-refractivity contribution in [1.29, 1.82) is 5.26 Å². The van der Waals surface area contributed by atoms with Crippen LogP contribution >= 0.6 is 0 Å². The number of nitrogens with zero attached hydrogens (tertiary/aromatic N) is 1. The van der Waals surface area contributed by atoms with Gasteiger partial charge in [0.25, 0.3) is 0 Å². The van der Waals surface area contributed by atoms with Crippen molar-refractivity contribution >= 4 is 0 Å².